The van der Waals surface area contributed by atoms with Crippen LogP contribution in [-0.4, -0.2) is 36.8 Å². The molecule has 0 spiro atoms. The average Bonchev–Trinajstić information content (AvgIpc) is 2.20. The van der Waals surface area contributed by atoms with Crippen LogP contribution in [0.3, 0.4) is 0 Å². The standard InChI is InChI=1S/C10H21NOS/c1-13-8-2-3-10(9-12)4-6-11-7-5-10/h11-12H,2-9H2,1H3. The van der Waals surface area contributed by atoms with Gasteiger partial charge in [0.2, 0.25) is 0 Å². The molecule has 0 aromatic rings. The van der Waals surface area contributed by atoms with E-state index in [0.29, 0.717) is 6.61 Å². The van der Waals surface area contributed by atoms with Gasteiger partial charge in [-0.3, -0.25) is 0 Å². The van der Waals surface area contributed by atoms with Gasteiger partial charge in [0, 0.05) is 6.61 Å². The molecule has 1 saturated heterocycles. The molecule has 1 aliphatic heterocycles. The van der Waals surface area contributed by atoms with Crippen LogP contribution in [0.1, 0.15) is 25.7 Å². The van der Waals surface area contributed by atoms with E-state index < -0.39 is 0 Å². The van der Waals surface area contributed by atoms with Gasteiger partial charge in [-0.1, -0.05) is 0 Å². The minimum atomic E-state index is 0.251. The van der Waals surface area contributed by atoms with E-state index in [1.54, 1.807) is 0 Å². The molecule has 1 rings (SSSR count). The maximum absolute atomic E-state index is 9.41. The third-order valence-corrected chi connectivity index (χ3v) is 3.75. The summed E-state index contributed by atoms with van der Waals surface area (Å²) in [5.41, 5.74) is 0.251. The summed E-state index contributed by atoms with van der Waals surface area (Å²) in [4.78, 5) is 0. The maximum Gasteiger partial charge on any atom is 0.0488 e. The average molecular weight is 203 g/mol. The molecule has 0 radical (unpaired) electrons. The quantitative estimate of drug-likeness (QED) is 0.664. The summed E-state index contributed by atoms with van der Waals surface area (Å²) in [7, 11) is 0. The van der Waals surface area contributed by atoms with Gasteiger partial charge in [0.15, 0.2) is 0 Å². The summed E-state index contributed by atoms with van der Waals surface area (Å²) in [6.07, 6.45) is 6.90. The SMILES string of the molecule is CSCCCC1(CO)CCNCC1. The van der Waals surface area contributed by atoms with Crippen molar-refractivity contribution < 1.29 is 5.11 Å². The van der Waals surface area contributed by atoms with Crippen molar-refractivity contribution in [3.8, 4) is 0 Å². The lowest BCUT2D eigenvalue weighted by molar-refractivity contribution is 0.0799. The third-order valence-electron chi connectivity index (χ3n) is 3.06. The number of aliphatic hydroxyl groups is 1. The fraction of sp³-hybridized carbons (Fsp3) is 1.00. The number of piperidine rings is 1. The number of nitrogens with one attached hydrogen (secondary N) is 1. The number of hydrogen-bond acceptors (Lipinski definition) is 3. The first-order chi connectivity index (χ1) is 6.33. The Labute approximate surface area is 85.5 Å². The molecule has 0 aliphatic carbocycles. The van der Waals surface area contributed by atoms with Crippen molar-refractivity contribution >= 4 is 11.8 Å². The molecule has 78 valence electrons. The monoisotopic (exact) mass is 203 g/mol. The van der Waals surface area contributed by atoms with E-state index in [1.807, 2.05) is 11.8 Å². The summed E-state index contributed by atoms with van der Waals surface area (Å²) < 4.78 is 0. The summed E-state index contributed by atoms with van der Waals surface area (Å²) in [6, 6.07) is 0. The first-order valence-electron chi connectivity index (χ1n) is 5.13. The van der Waals surface area contributed by atoms with Crippen LogP contribution in [0.25, 0.3) is 0 Å². The molecule has 1 fully saturated rings. The van der Waals surface area contributed by atoms with Crippen LogP contribution in [0.15, 0.2) is 0 Å². The molecule has 1 aliphatic rings. The second kappa shape index (κ2) is 5.89. The highest BCUT2D eigenvalue weighted by atomic mass is 32.2. The van der Waals surface area contributed by atoms with Crippen molar-refractivity contribution in [3.63, 3.8) is 0 Å². The van der Waals surface area contributed by atoms with Crippen molar-refractivity contribution in [1.82, 2.24) is 5.32 Å². The van der Waals surface area contributed by atoms with Gasteiger partial charge in [0.25, 0.3) is 0 Å². The van der Waals surface area contributed by atoms with E-state index in [1.165, 1.54) is 18.6 Å². The van der Waals surface area contributed by atoms with Gasteiger partial charge in [-0.15, -0.1) is 0 Å². The van der Waals surface area contributed by atoms with E-state index in [2.05, 4.69) is 11.6 Å². The Hall–Kier alpha value is 0.270. The fourth-order valence-corrected chi connectivity index (χ4v) is 2.47. The van der Waals surface area contributed by atoms with Crippen molar-refractivity contribution in [1.29, 1.82) is 0 Å². The van der Waals surface area contributed by atoms with Crippen LogP contribution in [0.4, 0.5) is 0 Å². The molecule has 0 unspecified atom stereocenters. The lowest BCUT2D eigenvalue weighted by Crippen LogP contribution is -2.39. The Kier molecular flexibility index (Phi) is 5.14. The molecule has 0 amide bonds. The first kappa shape index (κ1) is 11.3. The van der Waals surface area contributed by atoms with E-state index in [9.17, 15) is 5.11 Å². The fourth-order valence-electron chi connectivity index (χ4n) is 2.04. The number of rotatable bonds is 5. The topological polar surface area (TPSA) is 32.3 Å². The predicted octanol–water partition coefficient (Wildman–Crippen LogP) is 1.49. The molecular weight excluding hydrogens is 182 g/mol. The molecule has 2 N–H and O–H groups in total. The Morgan fingerprint density at radius 2 is 2.08 bits per heavy atom. The molecular formula is C10H21NOS. The van der Waals surface area contributed by atoms with Gasteiger partial charge >= 0.3 is 0 Å². The highest BCUT2D eigenvalue weighted by Gasteiger charge is 2.30. The van der Waals surface area contributed by atoms with Crippen LogP contribution in [0.2, 0.25) is 0 Å². The summed E-state index contributed by atoms with van der Waals surface area (Å²) >= 11 is 1.90. The minimum Gasteiger partial charge on any atom is -0.396 e. The van der Waals surface area contributed by atoms with Gasteiger partial charge in [0.05, 0.1) is 0 Å². The van der Waals surface area contributed by atoms with Crippen LogP contribution in [0.5, 0.6) is 0 Å². The van der Waals surface area contributed by atoms with E-state index in [0.717, 1.165) is 25.9 Å². The Morgan fingerprint density at radius 1 is 1.38 bits per heavy atom. The van der Waals surface area contributed by atoms with E-state index >= 15 is 0 Å². The molecule has 2 nitrogen and oxygen atoms in total. The second-order valence-corrected chi connectivity index (χ2v) is 4.99. The maximum atomic E-state index is 9.41. The first-order valence-corrected chi connectivity index (χ1v) is 6.53. The van der Waals surface area contributed by atoms with Gasteiger partial charge in [-0.2, -0.15) is 11.8 Å². The lowest BCUT2D eigenvalue weighted by Gasteiger charge is -2.36. The minimum absolute atomic E-state index is 0.251. The zero-order valence-corrected chi connectivity index (χ0v) is 9.33. The molecule has 0 aromatic heterocycles. The number of hydrogen-bond donors (Lipinski definition) is 2. The third kappa shape index (κ3) is 3.49. The molecule has 0 saturated carbocycles. The normalized spacial score (nSPS) is 21.7. The molecule has 0 bridgehead atoms. The Balaban J connectivity index is 2.29. The highest BCUT2D eigenvalue weighted by Crippen LogP contribution is 2.33. The van der Waals surface area contributed by atoms with Crippen LogP contribution < -0.4 is 5.32 Å². The summed E-state index contributed by atoms with van der Waals surface area (Å²) in [6.45, 7) is 2.54. The van der Waals surface area contributed by atoms with Gasteiger partial charge in [-0.05, 0) is 56.2 Å². The molecule has 13 heavy (non-hydrogen) atoms. The van der Waals surface area contributed by atoms with Gasteiger partial charge in [0.1, 0.15) is 0 Å². The van der Waals surface area contributed by atoms with E-state index in [4.69, 9.17) is 0 Å². The smallest absolute Gasteiger partial charge is 0.0488 e. The van der Waals surface area contributed by atoms with Crippen LogP contribution in [-0.2, 0) is 0 Å². The van der Waals surface area contributed by atoms with Crippen molar-refractivity contribution in [2.24, 2.45) is 5.41 Å². The van der Waals surface area contributed by atoms with E-state index in [-0.39, 0.29) is 5.41 Å². The lowest BCUT2D eigenvalue weighted by atomic mass is 9.76. The Morgan fingerprint density at radius 3 is 2.62 bits per heavy atom. The largest absolute Gasteiger partial charge is 0.396 e. The van der Waals surface area contributed by atoms with Crippen molar-refractivity contribution in [2.45, 2.75) is 25.7 Å². The zero-order valence-electron chi connectivity index (χ0n) is 8.51. The predicted molar refractivity (Wildman–Crippen MR) is 59.2 cm³/mol. The molecule has 1 heterocycles. The highest BCUT2D eigenvalue weighted by molar-refractivity contribution is 7.98. The van der Waals surface area contributed by atoms with Crippen LogP contribution >= 0.6 is 11.8 Å². The van der Waals surface area contributed by atoms with Crippen molar-refractivity contribution in [2.75, 3.05) is 31.7 Å². The molecule has 0 aromatic carbocycles. The number of aliphatic hydroxyl groups excluding tert-OH is 1. The number of thioether (sulfide) groups is 1. The molecule has 0 atom stereocenters. The summed E-state index contributed by atoms with van der Waals surface area (Å²) in [5, 5.41) is 12.8. The summed E-state index contributed by atoms with van der Waals surface area (Å²) in [5.74, 6) is 1.23. The van der Waals surface area contributed by atoms with Crippen molar-refractivity contribution in [3.05, 3.63) is 0 Å². The molecule has 3 heteroatoms. The second-order valence-electron chi connectivity index (χ2n) is 4.00. The zero-order chi connectivity index (χ0) is 9.57. The Bertz CT molecular complexity index is 135. The van der Waals surface area contributed by atoms with Gasteiger partial charge < -0.3 is 10.4 Å². The van der Waals surface area contributed by atoms with Crippen LogP contribution in [0, 0.1) is 5.41 Å². The van der Waals surface area contributed by atoms with Gasteiger partial charge in [-0.25, -0.2) is 0 Å².